The van der Waals surface area contributed by atoms with E-state index in [-0.39, 0.29) is 5.91 Å². The summed E-state index contributed by atoms with van der Waals surface area (Å²) in [5, 5.41) is 2.89. The van der Waals surface area contributed by atoms with Crippen LogP contribution in [-0.4, -0.2) is 20.1 Å². The molecular formula is C19H21NO3. The van der Waals surface area contributed by atoms with Gasteiger partial charge in [0.05, 0.1) is 14.2 Å². The maximum Gasteiger partial charge on any atom is 0.248 e. The van der Waals surface area contributed by atoms with Gasteiger partial charge in [0.2, 0.25) is 5.91 Å². The number of nitrogens with one attached hydrogen (secondary N) is 1. The van der Waals surface area contributed by atoms with Gasteiger partial charge in [-0.15, -0.1) is 0 Å². The van der Waals surface area contributed by atoms with Gasteiger partial charge in [-0.25, -0.2) is 0 Å². The van der Waals surface area contributed by atoms with E-state index in [1.807, 2.05) is 50.2 Å². The highest BCUT2D eigenvalue weighted by atomic mass is 16.5. The number of amides is 1. The molecule has 0 saturated carbocycles. The minimum atomic E-state index is -0.172. The van der Waals surface area contributed by atoms with Gasteiger partial charge in [-0.1, -0.05) is 18.2 Å². The van der Waals surface area contributed by atoms with Crippen LogP contribution < -0.4 is 14.8 Å². The molecule has 0 fully saturated rings. The lowest BCUT2D eigenvalue weighted by Gasteiger charge is -2.11. The molecule has 0 aliphatic rings. The summed E-state index contributed by atoms with van der Waals surface area (Å²) in [6.07, 6.45) is 1.57. The van der Waals surface area contributed by atoms with Crippen molar-refractivity contribution in [2.24, 2.45) is 0 Å². The van der Waals surface area contributed by atoms with E-state index in [9.17, 15) is 4.79 Å². The second-order valence-electron chi connectivity index (χ2n) is 5.20. The van der Waals surface area contributed by atoms with Crippen molar-refractivity contribution in [2.75, 3.05) is 19.5 Å². The maximum atomic E-state index is 12.2. The zero-order valence-corrected chi connectivity index (χ0v) is 13.8. The Morgan fingerprint density at radius 3 is 2.48 bits per heavy atom. The lowest BCUT2D eigenvalue weighted by atomic mass is 10.1. The van der Waals surface area contributed by atoms with Crippen molar-refractivity contribution in [3.63, 3.8) is 0 Å². The molecule has 0 spiro atoms. The number of para-hydroxylation sites is 1. The Labute approximate surface area is 136 Å². The van der Waals surface area contributed by atoms with Crippen LogP contribution in [0.1, 0.15) is 18.1 Å². The molecule has 0 atom stereocenters. The summed E-state index contributed by atoms with van der Waals surface area (Å²) >= 11 is 0. The number of hydrogen-bond donors (Lipinski definition) is 1. The summed E-state index contributed by atoms with van der Waals surface area (Å²) in [4.78, 5) is 12.2. The number of carbonyl (C=O) groups excluding carboxylic acids is 1. The van der Waals surface area contributed by atoms with Crippen LogP contribution in [0.4, 0.5) is 5.69 Å². The van der Waals surface area contributed by atoms with Crippen molar-refractivity contribution in [1.82, 2.24) is 0 Å². The van der Waals surface area contributed by atoms with Gasteiger partial charge in [-0.05, 0) is 43.2 Å². The second kappa shape index (κ2) is 7.49. The van der Waals surface area contributed by atoms with E-state index < -0.39 is 0 Å². The molecule has 2 aromatic carbocycles. The first-order valence-electron chi connectivity index (χ1n) is 7.32. The molecular weight excluding hydrogens is 290 g/mol. The van der Waals surface area contributed by atoms with Gasteiger partial charge in [0.1, 0.15) is 11.5 Å². The molecule has 23 heavy (non-hydrogen) atoms. The van der Waals surface area contributed by atoms with Crippen molar-refractivity contribution < 1.29 is 14.3 Å². The third-order valence-corrected chi connectivity index (χ3v) is 3.58. The zero-order chi connectivity index (χ0) is 16.8. The van der Waals surface area contributed by atoms with E-state index in [1.54, 1.807) is 26.4 Å². The lowest BCUT2D eigenvalue weighted by Crippen LogP contribution is -2.09. The van der Waals surface area contributed by atoms with E-state index >= 15 is 0 Å². The molecule has 0 heterocycles. The Kier molecular flexibility index (Phi) is 5.41. The first-order chi connectivity index (χ1) is 11.0. The predicted molar refractivity (Wildman–Crippen MR) is 93.0 cm³/mol. The summed E-state index contributed by atoms with van der Waals surface area (Å²) in [6, 6.07) is 13.2. The number of allylic oxidation sites excluding steroid dienone is 1. The van der Waals surface area contributed by atoms with Gasteiger partial charge in [0.25, 0.3) is 0 Å². The van der Waals surface area contributed by atoms with Gasteiger partial charge in [0, 0.05) is 23.4 Å². The van der Waals surface area contributed by atoms with E-state index in [1.165, 1.54) is 0 Å². The fourth-order valence-corrected chi connectivity index (χ4v) is 2.28. The quantitative estimate of drug-likeness (QED) is 0.847. The Morgan fingerprint density at radius 1 is 1.09 bits per heavy atom. The average Bonchev–Trinajstić information content (AvgIpc) is 2.56. The highest BCUT2D eigenvalue weighted by Crippen LogP contribution is 2.30. The molecule has 2 aromatic rings. The summed E-state index contributed by atoms with van der Waals surface area (Å²) in [5.74, 6) is 1.21. The molecule has 0 unspecified atom stereocenters. The number of methoxy groups -OCH3 is 2. The number of anilines is 1. The topological polar surface area (TPSA) is 47.6 Å². The van der Waals surface area contributed by atoms with Crippen LogP contribution in [0, 0.1) is 6.92 Å². The van der Waals surface area contributed by atoms with E-state index in [0.29, 0.717) is 11.5 Å². The van der Waals surface area contributed by atoms with Crippen molar-refractivity contribution in [3.05, 3.63) is 59.7 Å². The van der Waals surface area contributed by atoms with E-state index in [4.69, 9.17) is 9.47 Å². The molecule has 0 radical (unpaired) electrons. The SMILES string of the molecule is COc1ccc(/C(C)=C/C(=O)Nc2ccccc2C)c(OC)c1. The third-order valence-electron chi connectivity index (χ3n) is 3.58. The third kappa shape index (κ3) is 4.13. The highest BCUT2D eigenvalue weighted by molar-refractivity contribution is 6.04. The highest BCUT2D eigenvalue weighted by Gasteiger charge is 2.09. The molecule has 0 aliphatic heterocycles. The molecule has 4 nitrogen and oxygen atoms in total. The predicted octanol–water partition coefficient (Wildman–Crippen LogP) is 4.05. The zero-order valence-electron chi connectivity index (χ0n) is 13.8. The van der Waals surface area contributed by atoms with Gasteiger partial charge >= 0.3 is 0 Å². The number of aryl methyl sites for hydroxylation is 1. The van der Waals surface area contributed by atoms with E-state index in [0.717, 1.165) is 22.4 Å². The Balaban J connectivity index is 2.22. The molecule has 2 rings (SSSR count). The normalized spacial score (nSPS) is 11.0. The average molecular weight is 311 g/mol. The number of benzene rings is 2. The van der Waals surface area contributed by atoms with Crippen molar-refractivity contribution >= 4 is 17.2 Å². The van der Waals surface area contributed by atoms with Gasteiger partial charge in [-0.2, -0.15) is 0 Å². The summed E-state index contributed by atoms with van der Waals surface area (Å²) in [5.41, 5.74) is 3.50. The Bertz CT molecular complexity index is 735. The minimum absolute atomic E-state index is 0.172. The molecule has 120 valence electrons. The smallest absolute Gasteiger partial charge is 0.248 e. The van der Waals surface area contributed by atoms with Crippen LogP contribution in [-0.2, 0) is 4.79 Å². The van der Waals surface area contributed by atoms with Crippen molar-refractivity contribution in [1.29, 1.82) is 0 Å². The first kappa shape index (κ1) is 16.6. The molecule has 0 aromatic heterocycles. The van der Waals surface area contributed by atoms with Crippen LogP contribution in [0.2, 0.25) is 0 Å². The molecule has 1 N–H and O–H groups in total. The van der Waals surface area contributed by atoms with Crippen LogP contribution in [0.15, 0.2) is 48.5 Å². The summed E-state index contributed by atoms with van der Waals surface area (Å²) in [7, 11) is 3.20. The van der Waals surface area contributed by atoms with Gasteiger partial charge in [0.15, 0.2) is 0 Å². The lowest BCUT2D eigenvalue weighted by molar-refractivity contribution is -0.111. The maximum absolute atomic E-state index is 12.2. The van der Waals surface area contributed by atoms with Crippen LogP contribution >= 0.6 is 0 Å². The fourth-order valence-electron chi connectivity index (χ4n) is 2.28. The van der Waals surface area contributed by atoms with E-state index in [2.05, 4.69) is 5.32 Å². The standard InChI is InChI=1S/C19H21NO3/c1-13-7-5-6-8-17(13)20-19(21)11-14(2)16-10-9-15(22-3)12-18(16)23-4/h5-12H,1-4H3,(H,20,21)/b14-11+. The van der Waals surface area contributed by atoms with Crippen LogP contribution in [0.5, 0.6) is 11.5 Å². The molecule has 4 heteroatoms. The molecule has 0 bridgehead atoms. The van der Waals surface area contributed by atoms with Crippen LogP contribution in [0.25, 0.3) is 5.57 Å². The van der Waals surface area contributed by atoms with Gasteiger partial charge < -0.3 is 14.8 Å². The largest absolute Gasteiger partial charge is 0.497 e. The van der Waals surface area contributed by atoms with Crippen LogP contribution in [0.3, 0.4) is 0 Å². The van der Waals surface area contributed by atoms with Gasteiger partial charge in [-0.3, -0.25) is 4.79 Å². The second-order valence-corrected chi connectivity index (χ2v) is 5.20. The minimum Gasteiger partial charge on any atom is -0.497 e. The molecule has 1 amide bonds. The Morgan fingerprint density at radius 2 is 1.83 bits per heavy atom. The summed E-state index contributed by atoms with van der Waals surface area (Å²) < 4.78 is 10.6. The Hall–Kier alpha value is -2.75. The monoisotopic (exact) mass is 311 g/mol. The number of rotatable bonds is 5. The molecule has 0 aliphatic carbocycles. The number of carbonyl (C=O) groups is 1. The summed E-state index contributed by atoms with van der Waals surface area (Å²) in [6.45, 7) is 3.83. The number of ether oxygens (including phenoxy) is 2. The molecule has 0 saturated heterocycles. The first-order valence-corrected chi connectivity index (χ1v) is 7.32. The van der Waals surface area contributed by atoms with Crippen molar-refractivity contribution in [2.45, 2.75) is 13.8 Å². The fraction of sp³-hybridized carbons (Fsp3) is 0.211. The number of hydrogen-bond acceptors (Lipinski definition) is 3. The van der Waals surface area contributed by atoms with Crippen molar-refractivity contribution in [3.8, 4) is 11.5 Å².